The Balaban J connectivity index is 1.49. The predicted molar refractivity (Wildman–Crippen MR) is 94.3 cm³/mol. The van der Waals surface area contributed by atoms with Gasteiger partial charge in [-0.3, -0.25) is 4.79 Å². The molecule has 1 heterocycles. The number of benzene rings is 1. The van der Waals surface area contributed by atoms with Crippen molar-refractivity contribution in [1.29, 1.82) is 0 Å². The summed E-state index contributed by atoms with van der Waals surface area (Å²) in [4.78, 5) is 14.9. The van der Waals surface area contributed by atoms with Crippen molar-refractivity contribution >= 4 is 11.6 Å². The Hall–Kier alpha value is -1.39. The van der Waals surface area contributed by atoms with E-state index in [1.807, 2.05) is 12.1 Å². The molecule has 1 saturated heterocycles. The largest absolute Gasteiger partial charge is 0.330 e. The topological polar surface area (TPSA) is 58.4 Å². The van der Waals surface area contributed by atoms with Crippen molar-refractivity contribution in [3.05, 3.63) is 29.8 Å². The highest BCUT2D eigenvalue weighted by molar-refractivity contribution is 5.92. The van der Waals surface area contributed by atoms with Crippen LogP contribution in [0.3, 0.4) is 0 Å². The third kappa shape index (κ3) is 4.33. The zero-order valence-corrected chi connectivity index (χ0v) is 14.0. The van der Waals surface area contributed by atoms with Crippen molar-refractivity contribution in [3.8, 4) is 0 Å². The summed E-state index contributed by atoms with van der Waals surface area (Å²) in [5.74, 6) is 0.590. The quantitative estimate of drug-likeness (QED) is 0.848. The van der Waals surface area contributed by atoms with E-state index in [0.29, 0.717) is 12.5 Å². The predicted octanol–water partition coefficient (Wildman–Crippen LogP) is 2.64. The number of likely N-dealkylation sites (tertiary alicyclic amines) is 1. The molecule has 2 aliphatic rings. The number of carbonyl (C=O) groups is 1. The molecular formula is C19H29N3O. The highest BCUT2D eigenvalue weighted by atomic mass is 16.1. The number of nitrogens with one attached hydrogen (secondary N) is 1. The van der Waals surface area contributed by atoms with Gasteiger partial charge in [-0.1, -0.05) is 18.6 Å². The molecule has 3 N–H and O–H groups in total. The Bertz CT molecular complexity index is 508. The number of hydrogen-bond acceptors (Lipinski definition) is 3. The highest BCUT2D eigenvalue weighted by Crippen LogP contribution is 2.31. The van der Waals surface area contributed by atoms with Crippen LogP contribution in [0.1, 0.15) is 37.7 Å². The standard InChI is InChI=1S/C19H29N3O/c20-14-16-4-3-5-18(16)19(23)21-17-8-6-15(7-9-17)10-13-22-11-1-2-12-22/h6-9,16,18H,1-5,10-14,20H2,(H,21,23)/t16-,18-/m1/s1. The summed E-state index contributed by atoms with van der Waals surface area (Å²) in [6, 6.07) is 8.34. The van der Waals surface area contributed by atoms with Gasteiger partial charge in [0.25, 0.3) is 0 Å². The minimum Gasteiger partial charge on any atom is -0.330 e. The Morgan fingerprint density at radius 2 is 1.87 bits per heavy atom. The molecule has 1 aromatic rings. The molecule has 4 nitrogen and oxygen atoms in total. The molecule has 1 aromatic carbocycles. The van der Waals surface area contributed by atoms with Gasteiger partial charge in [-0.25, -0.2) is 0 Å². The van der Waals surface area contributed by atoms with Gasteiger partial charge < -0.3 is 16.0 Å². The molecule has 0 bridgehead atoms. The number of carbonyl (C=O) groups excluding carboxylic acids is 1. The van der Waals surface area contributed by atoms with Crippen LogP contribution in [0.15, 0.2) is 24.3 Å². The zero-order valence-electron chi connectivity index (χ0n) is 14.0. The summed E-state index contributed by atoms with van der Waals surface area (Å²) >= 11 is 0. The maximum Gasteiger partial charge on any atom is 0.227 e. The van der Waals surface area contributed by atoms with Gasteiger partial charge in [-0.15, -0.1) is 0 Å². The molecule has 2 atom stereocenters. The zero-order chi connectivity index (χ0) is 16.1. The second-order valence-corrected chi connectivity index (χ2v) is 7.02. The second kappa shape index (κ2) is 7.93. The lowest BCUT2D eigenvalue weighted by Crippen LogP contribution is -2.29. The van der Waals surface area contributed by atoms with E-state index in [4.69, 9.17) is 5.73 Å². The van der Waals surface area contributed by atoms with Crippen molar-refractivity contribution in [3.63, 3.8) is 0 Å². The molecule has 126 valence electrons. The number of rotatable bonds is 6. The van der Waals surface area contributed by atoms with Crippen LogP contribution in [0.4, 0.5) is 5.69 Å². The first-order valence-corrected chi connectivity index (χ1v) is 9.08. The average Bonchev–Trinajstić information content (AvgIpc) is 3.25. The fraction of sp³-hybridized carbons (Fsp3) is 0.632. The number of anilines is 1. The van der Waals surface area contributed by atoms with Crippen LogP contribution in [0, 0.1) is 11.8 Å². The van der Waals surface area contributed by atoms with Gasteiger partial charge in [0, 0.05) is 18.2 Å². The monoisotopic (exact) mass is 315 g/mol. The number of hydrogen-bond donors (Lipinski definition) is 2. The van der Waals surface area contributed by atoms with Crippen LogP contribution >= 0.6 is 0 Å². The van der Waals surface area contributed by atoms with Gasteiger partial charge in [0.2, 0.25) is 5.91 Å². The Morgan fingerprint density at radius 1 is 1.13 bits per heavy atom. The first kappa shape index (κ1) is 16.5. The lowest BCUT2D eigenvalue weighted by molar-refractivity contribution is -0.120. The third-order valence-electron chi connectivity index (χ3n) is 5.44. The van der Waals surface area contributed by atoms with E-state index in [1.54, 1.807) is 0 Å². The van der Waals surface area contributed by atoms with E-state index in [9.17, 15) is 4.79 Å². The van der Waals surface area contributed by atoms with Gasteiger partial charge in [0.05, 0.1) is 0 Å². The number of amides is 1. The lowest BCUT2D eigenvalue weighted by Gasteiger charge is -2.17. The molecule has 0 radical (unpaired) electrons. The minimum atomic E-state index is 0.0924. The average molecular weight is 315 g/mol. The van der Waals surface area contributed by atoms with E-state index in [0.717, 1.165) is 37.9 Å². The molecule has 1 aliphatic heterocycles. The molecule has 0 unspecified atom stereocenters. The van der Waals surface area contributed by atoms with E-state index in [-0.39, 0.29) is 11.8 Å². The molecule has 1 amide bonds. The van der Waals surface area contributed by atoms with Gasteiger partial charge in [0.15, 0.2) is 0 Å². The summed E-state index contributed by atoms with van der Waals surface area (Å²) < 4.78 is 0. The van der Waals surface area contributed by atoms with E-state index >= 15 is 0 Å². The molecule has 23 heavy (non-hydrogen) atoms. The Kier molecular flexibility index (Phi) is 5.68. The summed E-state index contributed by atoms with van der Waals surface area (Å²) in [5.41, 5.74) is 8.02. The molecule has 3 rings (SSSR count). The van der Waals surface area contributed by atoms with Gasteiger partial charge in [-0.05, 0) is 75.4 Å². The van der Waals surface area contributed by atoms with Crippen LogP contribution in [0.5, 0.6) is 0 Å². The van der Waals surface area contributed by atoms with Crippen molar-refractivity contribution in [2.75, 3.05) is 31.5 Å². The number of nitrogens with zero attached hydrogens (tertiary/aromatic N) is 1. The molecular weight excluding hydrogens is 286 g/mol. The molecule has 1 aliphatic carbocycles. The Labute approximate surface area is 139 Å². The van der Waals surface area contributed by atoms with Crippen LogP contribution in [-0.2, 0) is 11.2 Å². The fourth-order valence-corrected chi connectivity index (χ4v) is 3.95. The summed E-state index contributed by atoms with van der Waals surface area (Å²) in [5, 5.41) is 3.07. The summed E-state index contributed by atoms with van der Waals surface area (Å²) in [6.07, 6.45) is 6.96. The molecule has 2 fully saturated rings. The van der Waals surface area contributed by atoms with Crippen LogP contribution in [0.2, 0.25) is 0 Å². The molecule has 0 spiro atoms. The van der Waals surface area contributed by atoms with Crippen molar-refractivity contribution < 1.29 is 4.79 Å². The molecule has 1 saturated carbocycles. The summed E-state index contributed by atoms with van der Waals surface area (Å²) in [6.45, 7) is 4.26. The second-order valence-electron chi connectivity index (χ2n) is 7.02. The number of nitrogens with two attached hydrogens (primary N) is 1. The van der Waals surface area contributed by atoms with Crippen LogP contribution in [0.25, 0.3) is 0 Å². The molecule has 4 heteroatoms. The maximum absolute atomic E-state index is 12.4. The SMILES string of the molecule is NC[C@H]1CCC[C@H]1C(=O)Nc1ccc(CCN2CCCC2)cc1. The minimum absolute atomic E-state index is 0.0924. The van der Waals surface area contributed by atoms with E-state index < -0.39 is 0 Å². The molecule has 0 aromatic heterocycles. The third-order valence-corrected chi connectivity index (χ3v) is 5.44. The van der Waals surface area contributed by atoms with Crippen molar-refractivity contribution in [2.24, 2.45) is 17.6 Å². The van der Waals surface area contributed by atoms with Gasteiger partial charge in [0.1, 0.15) is 0 Å². The summed E-state index contributed by atoms with van der Waals surface area (Å²) in [7, 11) is 0. The first-order valence-electron chi connectivity index (χ1n) is 9.08. The first-order chi connectivity index (χ1) is 11.3. The van der Waals surface area contributed by atoms with Crippen LogP contribution in [-0.4, -0.2) is 37.0 Å². The fourth-order valence-electron chi connectivity index (χ4n) is 3.95. The lowest BCUT2D eigenvalue weighted by atomic mass is 9.95. The smallest absolute Gasteiger partial charge is 0.227 e. The van der Waals surface area contributed by atoms with Crippen molar-refractivity contribution in [2.45, 2.75) is 38.5 Å². The van der Waals surface area contributed by atoms with Crippen LogP contribution < -0.4 is 11.1 Å². The maximum atomic E-state index is 12.4. The highest BCUT2D eigenvalue weighted by Gasteiger charge is 2.31. The van der Waals surface area contributed by atoms with Gasteiger partial charge in [-0.2, -0.15) is 0 Å². The Morgan fingerprint density at radius 3 is 2.57 bits per heavy atom. The normalized spacial score (nSPS) is 24.9. The van der Waals surface area contributed by atoms with E-state index in [1.165, 1.54) is 31.5 Å². The van der Waals surface area contributed by atoms with E-state index in [2.05, 4.69) is 22.3 Å². The van der Waals surface area contributed by atoms with Crippen molar-refractivity contribution in [1.82, 2.24) is 4.90 Å². The van der Waals surface area contributed by atoms with Gasteiger partial charge >= 0.3 is 0 Å².